The maximum absolute atomic E-state index is 12.2. The summed E-state index contributed by atoms with van der Waals surface area (Å²) in [5.41, 5.74) is 2.92. The average Bonchev–Trinajstić information content (AvgIpc) is 2.47. The Bertz CT molecular complexity index is 672. The topological polar surface area (TPSA) is 39.2 Å². The highest BCUT2D eigenvalue weighted by atomic mass is 79.9. The number of pyridine rings is 1. The largest absolute Gasteiger partial charge is 0.462 e. The van der Waals surface area contributed by atoms with E-state index in [1.54, 1.807) is 6.92 Å². The van der Waals surface area contributed by atoms with Crippen LogP contribution >= 0.6 is 15.9 Å². The van der Waals surface area contributed by atoms with Crippen LogP contribution in [0.3, 0.4) is 0 Å². The van der Waals surface area contributed by atoms with Crippen molar-refractivity contribution in [3.63, 3.8) is 0 Å². The average molecular weight is 362 g/mol. The smallest absolute Gasteiger partial charge is 0.340 e. The molecular weight excluding hydrogens is 342 g/mol. The third-order valence-corrected chi connectivity index (χ3v) is 3.81. The zero-order valence-corrected chi connectivity index (χ0v) is 14.9. The van der Waals surface area contributed by atoms with Crippen molar-refractivity contribution in [2.75, 3.05) is 6.61 Å². The summed E-state index contributed by atoms with van der Waals surface area (Å²) >= 11 is 3.42. The molecule has 0 spiro atoms. The van der Waals surface area contributed by atoms with Crippen LogP contribution in [0.2, 0.25) is 0 Å². The van der Waals surface area contributed by atoms with Gasteiger partial charge in [-0.15, -0.1) is 0 Å². The molecule has 0 atom stereocenters. The minimum absolute atomic E-state index is 0.0860. The molecule has 3 nitrogen and oxygen atoms in total. The Labute approximate surface area is 139 Å². The van der Waals surface area contributed by atoms with Crippen LogP contribution in [0.5, 0.6) is 0 Å². The first-order valence-corrected chi connectivity index (χ1v) is 8.07. The summed E-state index contributed by atoms with van der Waals surface area (Å²) in [6, 6.07) is 11.5. The number of hydrogen-bond donors (Lipinski definition) is 0. The molecule has 0 fully saturated rings. The first-order valence-electron chi connectivity index (χ1n) is 7.27. The van der Waals surface area contributed by atoms with E-state index in [1.807, 2.05) is 36.4 Å². The number of carbonyl (C=O) groups is 1. The Morgan fingerprint density at radius 2 is 1.77 bits per heavy atom. The molecule has 2 rings (SSSR count). The number of ether oxygens (including phenoxy) is 1. The summed E-state index contributed by atoms with van der Waals surface area (Å²) in [6.07, 6.45) is 0. The molecule has 0 aliphatic heterocycles. The van der Waals surface area contributed by atoms with Gasteiger partial charge >= 0.3 is 5.97 Å². The molecule has 0 saturated carbocycles. The van der Waals surface area contributed by atoms with Crippen LogP contribution in [0, 0.1) is 0 Å². The van der Waals surface area contributed by atoms with Crippen molar-refractivity contribution < 1.29 is 9.53 Å². The monoisotopic (exact) mass is 361 g/mol. The van der Waals surface area contributed by atoms with Crippen LogP contribution in [0.4, 0.5) is 0 Å². The van der Waals surface area contributed by atoms with E-state index in [0.717, 1.165) is 15.7 Å². The van der Waals surface area contributed by atoms with Crippen molar-refractivity contribution in [1.82, 2.24) is 4.98 Å². The van der Waals surface area contributed by atoms with Gasteiger partial charge < -0.3 is 4.74 Å². The first-order chi connectivity index (χ1) is 10.3. The van der Waals surface area contributed by atoms with Crippen molar-refractivity contribution in [2.24, 2.45) is 0 Å². The number of aromatic nitrogens is 1. The Kier molecular flexibility index (Phi) is 5.01. The normalized spacial score (nSPS) is 11.3. The number of esters is 1. The SMILES string of the molecule is CCOC(=O)c1ccc(C(C)(C)C)nc1-c1ccc(Br)cc1. The summed E-state index contributed by atoms with van der Waals surface area (Å²) < 4.78 is 6.14. The molecule has 0 N–H and O–H groups in total. The Hall–Kier alpha value is -1.68. The molecule has 0 saturated heterocycles. The summed E-state index contributed by atoms with van der Waals surface area (Å²) in [4.78, 5) is 16.9. The predicted octanol–water partition coefficient (Wildman–Crippen LogP) is 4.99. The van der Waals surface area contributed by atoms with Crippen molar-refractivity contribution in [1.29, 1.82) is 0 Å². The fourth-order valence-electron chi connectivity index (χ4n) is 2.08. The lowest BCUT2D eigenvalue weighted by atomic mass is 9.90. The molecule has 1 aromatic heterocycles. The van der Waals surface area contributed by atoms with E-state index in [1.165, 1.54) is 0 Å². The van der Waals surface area contributed by atoms with Crippen LogP contribution in [0.25, 0.3) is 11.3 Å². The number of rotatable bonds is 3. The third-order valence-electron chi connectivity index (χ3n) is 3.28. The number of carbonyl (C=O) groups excluding carboxylic acids is 1. The van der Waals surface area contributed by atoms with Crippen LogP contribution in [0.1, 0.15) is 43.7 Å². The Morgan fingerprint density at radius 3 is 2.32 bits per heavy atom. The standard InChI is InChI=1S/C18H20BrNO2/c1-5-22-17(21)14-10-11-15(18(2,3)4)20-16(14)12-6-8-13(19)9-7-12/h6-11H,5H2,1-4H3. The van der Waals surface area contributed by atoms with E-state index in [0.29, 0.717) is 17.9 Å². The van der Waals surface area contributed by atoms with Gasteiger partial charge in [-0.05, 0) is 31.2 Å². The van der Waals surface area contributed by atoms with Gasteiger partial charge in [0.15, 0.2) is 0 Å². The number of halogens is 1. The molecule has 0 radical (unpaired) electrons. The molecule has 1 aromatic carbocycles. The van der Waals surface area contributed by atoms with Gasteiger partial charge in [0.2, 0.25) is 0 Å². The highest BCUT2D eigenvalue weighted by molar-refractivity contribution is 9.10. The summed E-state index contributed by atoms with van der Waals surface area (Å²) in [6.45, 7) is 8.45. The number of nitrogens with zero attached hydrogens (tertiary/aromatic N) is 1. The van der Waals surface area contributed by atoms with E-state index in [2.05, 4.69) is 36.7 Å². The molecule has 0 bridgehead atoms. The van der Waals surface area contributed by atoms with Gasteiger partial charge in [-0.3, -0.25) is 4.98 Å². The van der Waals surface area contributed by atoms with Crippen LogP contribution in [-0.4, -0.2) is 17.6 Å². The second-order valence-electron chi connectivity index (χ2n) is 6.07. The van der Waals surface area contributed by atoms with E-state index >= 15 is 0 Å². The minimum Gasteiger partial charge on any atom is -0.462 e. The molecule has 2 aromatic rings. The first kappa shape index (κ1) is 16.7. The van der Waals surface area contributed by atoms with E-state index < -0.39 is 0 Å². The van der Waals surface area contributed by atoms with E-state index in [9.17, 15) is 4.79 Å². The second kappa shape index (κ2) is 6.61. The molecule has 0 amide bonds. The lowest BCUT2D eigenvalue weighted by Gasteiger charge is -2.20. The predicted molar refractivity (Wildman–Crippen MR) is 92.0 cm³/mol. The quantitative estimate of drug-likeness (QED) is 0.723. The molecule has 4 heteroatoms. The third kappa shape index (κ3) is 3.74. The summed E-state index contributed by atoms with van der Waals surface area (Å²) in [5, 5.41) is 0. The van der Waals surface area contributed by atoms with Crippen LogP contribution in [-0.2, 0) is 10.2 Å². The molecule has 0 aliphatic carbocycles. The van der Waals surface area contributed by atoms with Gasteiger partial charge in [0.05, 0.1) is 17.9 Å². The van der Waals surface area contributed by atoms with Crippen molar-refractivity contribution in [2.45, 2.75) is 33.1 Å². The van der Waals surface area contributed by atoms with Gasteiger partial charge in [0.1, 0.15) is 0 Å². The van der Waals surface area contributed by atoms with Gasteiger partial charge in [0, 0.05) is 21.1 Å². The van der Waals surface area contributed by atoms with Crippen LogP contribution in [0.15, 0.2) is 40.9 Å². The maximum atomic E-state index is 12.2. The lowest BCUT2D eigenvalue weighted by Crippen LogP contribution is -2.16. The summed E-state index contributed by atoms with van der Waals surface area (Å²) in [5.74, 6) is -0.339. The van der Waals surface area contributed by atoms with E-state index in [-0.39, 0.29) is 11.4 Å². The highest BCUT2D eigenvalue weighted by Gasteiger charge is 2.21. The zero-order valence-electron chi connectivity index (χ0n) is 13.3. The molecule has 0 aliphatic rings. The summed E-state index contributed by atoms with van der Waals surface area (Å²) in [7, 11) is 0. The fraction of sp³-hybridized carbons (Fsp3) is 0.333. The zero-order chi connectivity index (χ0) is 16.3. The Morgan fingerprint density at radius 1 is 1.14 bits per heavy atom. The van der Waals surface area contributed by atoms with Gasteiger partial charge in [-0.1, -0.05) is 48.8 Å². The van der Waals surface area contributed by atoms with Gasteiger partial charge in [-0.2, -0.15) is 0 Å². The maximum Gasteiger partial charge on any atom is 0.340 e. The molecule has 0 unspecified atom stereocenters. The number of hydrogen-bond acceptors (Lipinski definition) is 3. The van der Waals surface area contributed by atoms with Gasteiger partial charge in [-0.25, -0.2) is 4.79 Å². The van der Waals surface area contributed by atoms with Crippen molar-refractivity contribution >= 4 is 21.9 Å². The molecular formula is C18H20BrNO2. The molecule has 22 heavy (non-hydrogen) atoms. The lowest BCUT2D eigenvalue weighted by molar-refractivity contribution is 0.0527. The molecule has 1 heterocycles. The van der Waals surface area contributed by atoms with Crippen molar-refractivity contribution in [3.05, 3.63) is 52.1 Å². The van der Waals surface area contributed by atoms with Crippen molar-refractivity contribution in [3.8, 4) is 11.3 Å². The highest BCUT2D eigenvalue weighted by Crippen LogP contribution is 2.28. The minimum atomic E-state index is -0.339. The van der Waals surface area contributed by atoms with E-state index in [4.69, 9.17) is 9.72 Å². The fourth-order valence-corrected chi connectivity index (χ4v) is 2.34. The number of benzene rings is 1. The van der Waals surface area contributed by atoms with Gasteiger partial charge in [0.25, 0.3) is 0 Å². The second-order valence-corrected chi connectivity index (χ2v) is 6.99. The molecule has 116 valence electrons. The van der Waals surface area contributed by atoms with Crippen LogP contribution < -0.4 is 0 Å². The Balaban J connectivity index is 2.59.